The van der Waals surface area contributed by atoms with Gasteiger partial charge in [0, 0.05) is 180 Å². The Labute approximate surface area is 821 Å². The molecule has 6 N–H and O–H groups in total. The highest BCUT2D eigenvalue weighted by Gasteiger charge is 2.33. The number of nitrogens with one attached hydrogen (secondary N) is 3. The monoisotopic (exact) mass is 2030 g/mol. The smallest absolute Gasteiger partial charge is 0.412 e. The molecule has 7 aromatic heterocycles. The molecule has 2 aromatic carbocycles. The number of hydrogen-bond donors (Lipinski definition) is 5. The van der Waals surface area contributed by atoms with Gasteiger partial charge >= 0.3 is 48.4 Å². The molecule has 0 radical (unpaired) electrons. The number of nitrogens with two attached hydrogens (primary N) is 1. The van der Waals surface area contributed by atoms with Crippen molar-refractivity contribution < 1.29 is 86.2 Å². The maximum atomic E-state index is 13.4. The summed E-state index contributed by atoms with van der Waals surface area (Å²) < 4.78 is 37.3. The van der Waals surface area contributed by atoms with Crippen LogP contribution in [0.15, 0.2) is 120 Å². The van der Waals surface area contributed by atoms with Crippen molar-refractivity contribution in [1.82, 2.24) is 65.1 Å². The molecule has 14 rings (SSSR count). The van der Waals surface area contributed by atoms with Crippen molar-refractivity contribution >= 4 is 164 Å². The van der Waals surface area contributed by atoms with E-state index in [-0.39, 0.29) is 71.2 Å². The minimum absolute atomic E-state index is 0.0486. The average molecular weight is 2040 g/mol. The van der Waals surface area contributed by atoms with E-state index in [0.29, 0.717) is 137 Å². The Morgan fingerprint density at radius 3 is 1.07 bits per heavy atom. The van der Waals surface area contributed by atoms with Gasteiger partial charge in [-0.05, 0) is 216 Å². The zero-order chi connectivity index (χ0) is 99.2. The van der Waals surface area contributed by atoms with E-state index < -0.39 is 34.5 Å². The van der Waals surface area contributed by atoms with Crippen molar-refractivity contribution in [3.05, 3.63) is 156 Å². The summed E-state index contributed by atoms with van der Waals surface area (Å²) in [7, 11) is 0. The first-order valence-corrected chi connectivity index (χ1v) is 49.4. The number of anilines is 6. The molecular weight excluding hydrogens is 1910 g/mol. The van der Waals surface area contributed by atoms with Crippen molar-refractivity contribution in [3.63, 3.8) is 0 Å². The van der Waals surface area contributed by atoms with Crippen LogP contribution in [0, 0.1) is 0 Å². The lowest BCUT2D eigenvalue weighted by atomic mass is 9.99. The van der Waals surface area contributed by atoms with Crippen LogP contribution in [-0.4, -0.2) is 292 Å². The Balaban J connectivity index is 0.000000192. The Hall–Kier alpha value is -11.6. The molecule has 12 heterocycles. The average Bonchev–Trinajstić information content (AvgIpc) is 1.17. The lowest BCUT2D eigenvalue weighted by Crippen LogP contribution is -2.50. The molecule has 0 aliphatic carbocycles. The molecule has 0 unspecified atom stereocenters. The van der Waals surface area contributed by atoms with Gasteiger partial charge in [0.2, 0.25) is 0 Å². The third-order valence-electron chi connectivity index (χ3n) is 19.5. The van der Waals surface area contributed by atoms with Crippen LogP contribution < -0.4 is 41.3 Å². The fraction of sp³-hybridized carbons (Fsp3) is 0.495. The lowest BCUT2D eigenvalue weighted by molar-refractivity contribution is 0.0221. The zero-order valence-corrected chi connectivity index (χ0v) is 85.7. The molecule has 5 aliphatic rings. The largest absolute Gasteiger partial charge is 0.477 e. The number of Topliss-reactive ketones (excluding diaryl/α,β-unsaturated/α-hetero) is 2. The van der Waals surface area contributed by atoms with Crippen LogP contribution in [-0.2, 0) is 46.0 Å². The summed E-state index contributed by atoms with van der Waals surface area (Å²) in [6.45, 7) is 45.9. The summed E-state index contributed by atoms with van der Waals surface area (Å²) in [6.07, 6.45) is 13.2. The molecule has 736 valence electrons. The second-order valence-corrected chi connectivity index (χ2v) is 42.5. The van der Waals surface area contributed by atoms with E-state index in [2.05, 4.69) is 81.5 Å². The van der Waals surface area contributed by atoms with Crippen LogP contribution >= 0.6 is 72.6 Å². The highest BCUT2D eigenvalue weighted by atomic mass is 79.9. The van der Waals surface area contributed by atoms with Gasteiger partial charge in [-0.1, -0.05) is 57.5 Å². The number of ether oxygens (including phenoxy) is 7. The molecule has 43 heteroatoms. The summed E-state index contributed by atoms with van der Waals surface area (Å²) in [5.41, 5.74) is 10.1. The second kappa shape index (κ2) is 50.5. The third-order valence-corrected chi connectivity index (χ3v) is 25.3. The SMILES string of the molecule is CC(C)(C)OC(=O)N1CCN(c2ncc(C(=O)O)s2)CC1.CC(C)(C)OC(=O)N1CCNCC1.CC(C)(C)OC(=O)Nc1ccc(-c2ccncc2)cc1CC(=O)c1cnc(N2CCN(C(=O)OC(C)(C)C)CC2)s1.CCOC(=O)c1cnc(Br)s1.CCOC(=O)c1cnc(N2CCN(C(=O)OC(C)(C)C)CC2)s1.Nc1ccc(-c2ccncc2)cc1CC(=O)c1cnc(N2CCNCC2)s1. The van der Waals surface area contributed by atoms with Crippen molar-refractivity contribution in [3.8, 4) is 22.3 Å². The van der Waals surface area contributed by atoms with Crippen molar-refractivity contribution in [2.45, 2.75) is 159 Å². The Bertz CT molecular complexity index is 5440. The van der Waals surface area contributed by atoms with Crippen molar-refractivity contribution in [2.24, 2.45) is 0 Å². The number of halogens is 1. The van der Waals surface area contributed by atoms with Crippen molar-refractivity contribution in [2.75, 3.05) is 175 Å². The number of nitrogens with zero attached hydrogens (tertiary/aromatic N) is 15. The molecule has 0 bridgehead atoms. The number of aromatic nitrogens is 7. The van der Waals surface area contributed by atoms with Gasteiger partial charge < -0.3 is 93.8 Å². The van der Waals surface area contributed by atoms with Gasteiger partial charge in [0.05, 0.1) is 54.0 Å². The second-order valence-electron chi connectivity index (χ2n) is 36.2. The van der Waals surface area contributed by atoms with Gasteiger partial charge in [0.1, 0.15) is 42.6 Å². The number of rotatable bonds is 18. The first-order chi connectivity index (χ1) is 64.3. The van der Waals surface area contributed by atoms with Gasteiger partial charge in [-0.2, -0.15) is 0 Å². The quantitative estimate of drug-likeness (QED) is 0.0230. The molecule has 5 saturated heterocycles. The van der Waals surface area contributed by atoms with Gasteiger partial charge in [-0.15, -0.1) is 11.3 Å². The van der Waals surface area contributed by atoms with Crippen LogP contribution in [0.4, 0.5) is 55.9 Å². The molecule has 37 nitrogen and oxygen atoms in total. The number of amides is 5. The summed E-state index contributed by atoms with van der Waals surface area (Å²) in [6, 6.07) is 19.0. The van der Waals surface area contributed by atoms with E-state index in [0.717, 1.165) is 107 Å². The first-order valence-electron chi connectivity index (χ1n) is 44.5. The Morgan fingerprint density at radius 2 is 0.706 bits per heavy atom. The minimum atomic E-state index is -0.967. The number of carbonyl (C=O) groups excluding carboxylic acids is 9. The fourth-order valence-corrected chi connectivity index (χ4v) is 17.7. The number of esters is 2. The molecule has 5 amide bonds. The topological polar surface area (TPSA) is 434 Å². The number of piperazine rings is 5. The predicted octanol–water partition coefficient (Wildman–Crippen LogP) is 15.8. The maximum Gasteiger partial charge on any atom is 0.412 e. The molecular formula is C93H124BrN19O18S5. The summed E-state index contributed by atoms with van der Waals surface area (Å²) in [5.74, 6) is -1.68. The van der Waals surface area contributed by atoms with Crippen LogP contribution in [0.3, 0.4) is 0 Å². The first kappa shape index (κ1) is 108. The van der Waals surface area contributed by atoms with Gasteiger partial charge in [0.15, 0.2) is 36.0 Å². The number of hydrogen-bond acceptors (Lipinski definition) is 36. The molecule has 5 aliphatic heterocycles. The number of aromatic carboxylic acids is 1. The van der Waals surface area contributed by atoms with E-state index in [4.69, 9.17) is 44.0 Å². The predicted molar refractivity (Wildman–Crippen MR) is 533 cm³/mol. The number of carbonyl (C=O) groups is 10. The van der Waals surface area contributed by atoms with Crippen molar-refractivity contribution in [1.29, 1.82) is 0 Å². The number of carboxylic acid groups (broad SMARTS) is 1. The molecule has 0 atom stereocenters. The highest BCUT2D eigenvalue weighted by molar-refractivity contribution is 9.11. The lowest BCUT2D eigenvalue weighted by Gasteiger charge is -2.35. The minimum Gasteiger partial charge on any atom is -0.477 e. The third kappa shape index (κ3) is 35.8. The normalized spacial score (nSPS) is 14.7. The van der Waals surface area contributed by atoms with E-state index in [1.807, 2.05) is 143 Å². The number of ketones is 2. The van der Waals surface area contributed by atoms with E-state index >= 15 is 0 Å². The van der Waals surface area contributed by atoms with E-state index in [1.165, 1.54) is 63.9 Å². The van der Waals surface area contributed by atoms with Gasteiger partial charge in [-0.25, -0.2) is 63.3 Å². The Morgan fingerprint density at radius 1 is 0.390 bits per heavy atom. The van der Waals surface area contributed by atoms with E-state index in [1.54, 1.807) is 97.5 Å². The summed E-state index contributed by atoms with van der Waals surface area (Å²) in [4.78, 5) is 167. The fourth-order valence-electron chi connectivity index (χ4n) is 13.1. The number of pyridine rings is 2. The van der Waals surface area contributed by atoms with Gasteiger partial charge in [-0.3, -0.25) is 24.9 Å². The van der Waals surface area contributed by atoms with Gasteiger partial charge in [0.25, 0.3) is 0 Å². The summed E-state index contributed by atoms with van der Waals surface area (Å²) >= 11 is 9.66. The maximum absolute atomic E-state index is 13.4. The number of nitrogen functional groups attached to an aromatic ring is 1. The molecule has 0 saturated carbocycles. The molecule has 9 aromatic rings. The van der Waals surface area contributed by atoms with Crippen LogP contribution in [0.2, 0.25) is 0 Å². The standard InChI is InChI=1S/C30H37N5O5S.C20H21N5OS.C15H23N3O4S.C13H19N3O4S.C9H18N2O2.C6H6BrNO2S/c1-29(2,3)39-27(37)33-23-8-7-21(20-9-11-31-12-10-20)17-22(23)18-24(36)25-19-32-26(41-25)34-13-15-35(16-14-34)28(38)40-30(4,5)6;21-17-2-1-15(14-3-5-22-6-4-14)11-16(17)12-18(26)19-13-24-20(27-19)25-9-7-23-8-10-25;1-5-21-12(19)11-10-16-13(23-11)17-6-8-18(9-7-17)14(20)22-15(2,3)4;1-13(2,3)20-12(19)16-6-4-15(5-7-16)11-14-8-9(21-11)10(17)18;1-9(2,3)13-8(12)11-6-4-10-5-7-11;1-2-10-5(9)4-3-8-6(7)11-4/h7-12,17,19H,13-16,18H2,1-6H3,(H,33,37);1-6,11,13,23H,7-10,12,21H2;10H,5-9H2,1-4H3;8H,4-7H2,1-3H3,(H,17,18);10H,4-7H2,1-3H3;3H,2H2,1H3. The highest BCUT2D eigenvalue weighted by Crippen LogP contribution is 2.34. The van der Waals surface area contributed by atoms with Crippen LogP contribution in [0.25, 0.3) is 22.3 Å². The number of thiazole rings is 5. The van der Waals surface area contributed by atoms with Crippen LogP contribution in [0.1, 0.15) is 177 Å². The van der Waals surface area contributed by atoms with Crippen LogP contribution in [0.5, 0.6) is 0 Å². The molecule has 0 spiro atoms. The number of carboxylic acids is 1. The van der Waals surface area contributed by atoms with E-state index in [9.17, 15) is 47.9 Å². The number of benzene rings is 2. The molecule has 136 heavy (non-hydrogen) atoms. The zero-order valence-electron chi connectivity index (χ0n) is 80.0. The molecule has 5 fully saturated rings. The summed E-state index contributed by atoms with van der Waals surface area (Å²) in [5, 5.41) is 21.3. The Kier molecular flexibility index (Phi) is 40.1.